The Bertz CT molecular complexity index is 629. The smallest absolute Gasteiger partial charge is 0.379 e. The van der Waals surface area contributed by atoms with Crippen LogP contribution in [-0.4, -0.2) is 18.5 Å². The molecule has 0 unspecified atom stereocenters. The summed E-state index contributed by atoms with van der Waals surface area (Å²) >= 11 is 0. The Kier molecular flexibility index (Phi) is 5.63. The van der Waals surface area contributed by atoms with Gasteiger partial charge in [0.25, 0.3) is 0 Å². The van der Waals surface area contributed by atoms with E-state index in [2.05, 4.69) is 4.74 Å². The lowest BCUT2D eigenvalue weighted by Crippen LogP contribution is -2.41. The minimum atomic E-state index is -3.76. The largest absolute Gasteiger partial charge is 0.462 e. The maximum Gasteiger partial charge on any atom is 0.379 e. The first-order chi connectivity index (χ1) is 9.48. The molecule has 0 aliphatic carbocycles. The van der Waals surface area contributed by atoms with Gasteiger partial charge in [-0.3, -0.25) is 0 Å². The van der Waals surface area contributed by atoms with Crippen LogP contribution in [0.5, 0.6) is 0 Å². The van der Waals surface area contributed by atoms with E-state index in [1.54, 1.807) is 36.4 Å². The molecule has 0 saturated carbocycles. The van der Waals surface area contributed by atoms with Gasteiger partial charge >= 0.3 is 11.9 Å². The van der Waals surface area contributed by atoms with E-state index >= 15 is 0 Å². The van der Waals surface area contributed by atoms with E-state index in [0.717, 1.165) is 5.39 Å². The summed E-state index contributed by atoms with van der Waals surface area (Å²) in [5.41, 5.74) is 5.84. The van der Waals surface area contributed by atoms with Gasteiger partial charge in [-0.15, -0.1) is 12.4 Å². The highest BCUT2D eigenvalue weighted by atomic mass is 35.5. The Balaban J connectivity index is 0.00000220. The number of benzene rings is 2. The van der Waals surface area contributed by atoms with Gasteiger partial charge < -0.3 is 10.5 Å². The molecule has 0 fully saturated rings. The second-order valence-electron chi connectivity index (χ2n) is 4.39. The number of carbonyl (C=O) groups excluding carboxylic acids is 1. The van der Waals surface area contributed by atoms with Crippen molar-refractivity contribution in [3.63, 3.8) is 0 Å². The van der Waals surface area contributed by atoms with E-state index in [-0.39, 0.29) is 24.6 Å². The van der Waals surface area contributed by atoms with Crippen molar-refractivity contribution >= 4 is 29.1 Å². The normalized spacial score (nSPS) is 12.6. The molecule has 2 aromatic carbocycles. The quantitative estimate of drug-likeness (QED) is 0.879. The van der Waals surface area contributed by atoms with Crippen molar-refractivity contribution in [2.24, 2.45) is 5.73 Å². The molecule has 114 valence electrons. The fraction of sp³-hybridized carbons (Fsp3) is 0.267. The molecule has 2 rings (SSSR count). The van der Waals surface area contributed by atoms with Crippen LogP contribution in [0.1, 0.15) is 18.5 Å². The van der Waals surface area contributed by atoms with E-state index in [9.17, 15) is 13.6 Å². The average molecular weight is 316 g/mol. The number of nitrogens with two attached hydrogens (primary N) is 1. The predicted molar refractivity (Wildman–Crippen MR) is 79.7 cm³/mol. The molecule has 2 aromatic rings. The molecule has 0 spiro atoms. The third-order valence-corrected chi connectivity index (χ3v) is 3.10. The van der Waals surface area contributed by atoms with Gasteiger partial charge in [-0.1, -0.05) is 42.5 Å². The zero-order valence-electron chi connectivity index (χ0n) is 11.4. The molecule has 0 amide bonds. The molecular weight excluding hydrogens is 300 g/mol. The highest BCUT2D eigenvalue weighted by Crippen LogP contribution is 2.34. The Morgan fingerprint density at radius 1 is 1.24 bits per heavy atom. The molecule has 2 N–H and O–H groups in total. The first-order valence-corrected chi connectivity index (χ1v) is 6.26. The second kappa shape index (κ2) is 6.83. The van der Waals surface area contributed by atoms with E-state index < -0.39 is 17.9 Å². The molecule has 0 aromatic heterocycles. The third-order valence-electron chi connectivity index (χ3n) is 3.10. The van der Waals surface area contributed by atoms with Crippen LogP contribution in [0.2, 0.25) is 0 Å². The van der Waals surface area contributed by atoms with E-state index in [0.29, 0.717) is 5.39 Å². The Morgan fingerprint density at radius 2 is 1.86 bits per heavy atom. The first kappa shape index (κ1) is 17.3. The number of rotatable bonds is 4. The molecule has 0 aliphatic rings. The van der Waals surface area contributed by atoms with Crippen LogP contribution in [0.3, 0.4) is 0 Å². The van der Waals surface area contributed by atoms with Crippen LogP contribution < -0.4 is 5.73 Å². The average Bonchev–Trinajstić information content (AvgIpc) is 2.46. The van der Waals surface area contributed by atoms with Gasteiger partial charge in [0.05, 0.1) is 6.61 Å². The summed E-state index contributed by atoms with van der Waals surface area (Å²) in [6.45, 7) is 1.36. The SMILES string of the molecule is CCOC(=O)C(F)(F)[C@H](N)c1cccc2ccccc12.Cl. The summed E-state index contributed by atoms with van der Waals surface area (Å²) in [5, 5.41) is 1.39. The second-order valence-corrected chi connectivity index (χ2v) is 4.39. The summed E-state index contributed by atoms with van der Waals surface area (Å²) in [5.74, 6) is -5.36. The van der Waals surface area contributed by atoms with Crippen LogP contribution >= 0.6 is 12.4 Å². The molecule has 0 radical (unpaired) electrons. The molecule has 0 heterocycles. The summed E-state index contributed by atoms with van der Waals surface area (Å²) in [4.78, 5) is 11.4. The summed E-state index contributed by atoms with van der Waals surface area (Å²) in [6, 6.07) is 10.2. The molecule has 0 bridgehead atoms. The van der Waals surface area contributed by atoms with Crippen LogP contribution in [0.4, 0.5) is 8.78 Å². The van der Waals surface area contributed by atoms with Crippen LogP contribution in [0.15, 0.2) is 42.5 Å². The number of halogens is 3. The highest BCUT2D eigenvalue weighted by Gasteiger charge is 2.48. The predicted octanol–water partition coefficient (Wildman–Crippen LogP) is 3.46. The number of ether oxygens (including phenoxy) is 1. The lowest BCUT2D eigenvalue weighted by molar-refractivity contribution is -0.174. The third kappa shape index (κ3) is 3.31. The Morgan fingerprint density at radius 3 is 2.52 bits per heavy atom. The van der Waals surface area contributed by atoms with Crippen LogP contribution in [0.25, 0.3) is 10.8 Å². The summed E-state index contributed by atoms with van der Waals surface area (Å²) < 4.78 is 32.4. The minimum absolute atomic E-state index is 0. The van der Waals surface area contributed by atoms with Gasteiger partial charge in [-0.2, -0.15) is 8.78 Å². The number of alkyl halides is 2. The van der Waals surface area contributed by atoms with Gasteiger partial charge in [-0.05, 0) is 23.3 Å². The molecule has 3 nitrogen and oxygen atoms in total. The maximum atomic E-state index is 14.0. The lowest BCUT2D eigenvalue weighted by atomic mass is 9.95. The number of esters is 1. The Hall–Kier alpha value is -1.72. The van der Waals surface area contributed by atoms with Gasteiger partial charge in [0, 0.05) is 0 Å². The Labute approximate surface area is 127 Å². The molecule has 0 saturated heterocycles. The van der Waals surface area contributed by atoms with Gasteiger partial charge in [0.15, 0.2) is 0 Å². The van der Waals surface area contributed by atoms with Crippen LogP contribution in [-0.2, 0) is 9.53 Å². The molecule has 21 heavy (non-hydrogen) atoms. The number of hydrogen-bond donors (Lipinski definition) is 1. The van der Waals surface area contributed by atoms with Gasteiger partial charge in [0.1, 0.15) is 6.04 Å². The van der Waals surface area contributed by atoms with E-state index in [1.165, 1.54) is 13.0 Å². The molecular formula is C15H16ClF2NO2. The van der Waals surface area contributed by atoms with E-state index in [1.807, 2.05) is 0 Å². The van der Waals surface area contributed by atoms with Crippen molar-refractivity contribution in [2.75, 3.05) is 6.61 Å². The fourth-order valence-electron chi connectivity index (χ4n) is 2.07. The van der Waals surface area contributed by atoms with Crippen molar-refractivity contribution in [2.45, 2.75) is 18.9 Å². The standard InChI is InChI=1S/C15H15F2NO2.ClH/c1-2-20-14(19)15(16,17)13(18)12-9-5-7-10-6-3-4-8-11(10)12;/h3-9,13H,2,18H2,1H3;1H/t13-;/m1./s1. The molecule has 1 atom stereocenters. The van der Waals surface area contributed by atoms with Crippen molar-refractivity contribution in [3.8, 4) is 0 Å². The van der Waals surface area contributed by atoms with E-state index in [4.69, 9.17) is 5.73 Å². The minimum Gasteiger partial charge on any atom is -0.462 e. The van der Waals surface area contributed by atoms with Crippen molar-refractivity contribution < 1.29 is 18.3 Å². The number of fused-ring (bicyclic) bond motifs is 1. The zero-order chi connectivity index (χ0) is 14.8. The number of hydrogen-bond acceptors (Lipinski definition) is 3. The molecule has 6 heteroatoms. The topological polar surface area (TPSA) is 52.3 Å². The van der Waals surface area contributed by atoms with Crippen molar-refractivity contribution in [1.29, 1.82) is 0 Å². The molecule has 0 aliphatic heterocycles. The lowest BCUT2D eigenvalue weighted by Gasteiger charge is -2.23. The van der Waals surface area contributed by atoms with Crippen molar-refractivity contribution in [3.05, 3.63) is 48.0 Å². The summed E-state index contributed by atoms with van der Waals surface area (Å²) in [7, 11) is 0. The monoisotopic (exact) mass is 315 g/mol. The first-order valence-electron chi connectivity index (χ1n) is 6.26. The maximum absolute atomic E-state index is 14.0. The van der Waals surface area contributed by atoms with Crippen molar-refractivity contribution in [1.82, 2.24) is 0 Å². The summed E-state index contributed by atoms with van der Waals surface area (Å²) in [6.07, 6.45) is 0. The van der Waals surface area contributed by atoms with Gasteiger partial charge in [-0.25, -0.2) is 4.79 Å². The number of carbonyl (C=O) groups is 1. The highest BCUT2D eigenvalue weighted by molar-refractivity contribution is 5.88. The fourth-order valence-corrected chi connectivity index (χ4v) is 2.07. The van der Waals surface area contributed by atoms with Crippen LogP contribution in [0, 0.1) is 0 Å². The zero-order valence-corrected chi connectivity index (χ0v) is 12.2. The van der Waals surface area contributed by atoms with Gasteiger partial charge in [0.2, 0.25) is 0 Å².